The summed E-state index contributed by atoms with van der Waals surface area (Å²) in [4.78, 5) is 13.5. The second kappa shape index (κ2) is 4.50. The second-order valence-corrected chi connectivity index (χ2v) is 4.63. The number of benzene rings is 1. The van der Waals surface area contributed by atoms with E-state index in [0.717, 1.165) is 11.8 Å². The van der Waals surface area contributed by atoms with Crippen LogP contribution in [-0.4, -0.2) is 29.8 Å². The van der Waals surface area contributed by atoms with Crippen molar-refractivity contribution in [2.75, 3.05) is 13.7 Å². The fourth-order valence-electron chi connectivity index (χ4n) is 2.35. The highest BCUT2D eigenvalue weighted by molar-refractivity contribution is 5.86. The molecule has 0 spiro atoms. The van der Waals surface area contributed by atoms with E-state index in [-0.39, 0.29) is 11.8 Å². The number of hydrogen-bond acceptors (Lipinski definition) is 5. The Hall–Kier alpha value is -2.17. The normalized spacial score (nSPS) is 18.1. The lowest BCUT2D eigenvalue weighted by atomic mass is 10.1. The van der Waals surface area contributed by atoms with Crippen LogP contribution in [0.15, 0.2) is 28.3 Å². The lowest BCUT2D eigenvalue weighted by Crippen LogP contribution is -2.29. The van der Waals surface area contributed by atoms with Crippen molar-refractivity contribution in [3.05, 3.63) is 29.0 Å². The predicted octanol–water partition coefficient (Wildman–Crippen LogP) is 0.980. The van der Waals surface area contributed by atoms with Gasteiger partial charge in [-0.05, 0) is 25.5 Å². The van der Waals surface area contributed by atoms with Crippen LogP contribution >= 0.6 is 0 Å². The van der Waals surface area contributed by atoms with E-state index in [1.165, 1.54) is 7.11 Å². The lowest BCUT2D eigenvalue weighted by molar-refractivity contribution is 0.371. The molecule has 5 heteroatoms. The monoisotopic (exact) mass is 257 g/mol. The van der Waals surface area contributed by atoms with E-state index in [4.69, 9.17) is 4.74 Å². The minimum Gasteiger partial charge on any atom is -0.504 e. The molecular formula is C14H15N3O2. The third kappa shape index (κ3) is 1.82. The van der Waals surface area contributed by atoms with Gasteiger partial charge >= 0.3 is 0 Å². The smallest absolute Gasteiger partial charge is 0.188 e. The average molecular weight is 257 g/mol. The Morgan fingerprint density at radius 3 is 3.00 bits per heavy atom. The zero-order valence-electron chi connectivity index (χ0n) is 10.9. The molecule has 2 aromatic rings. The molecule has 0 saturated heterocycles. The molecule has 0 amide bonds. The van der Waals surface area contributed by atoms with Gasteiger partial charge in [-0.3, -0.25) is 15.0 Å². The van der Waals surface area contributed by atoms with Crippen LogP contribution in [0.2, 0.25) is 0 Å². The molecule has 1 aliphatic rings. The molecule has 1 aromatic heterocycles. The first-order chi connectivity index (χ1) is 9.22. The van der Waals surface area contributed by atoms with E-state index >= 15 is 0 Å². The number of pyridine rings is 1. The van der Waals surface area contributed by atoms with Gasteiger partial charge in [-0.1, -0.05) is 0 Å². The molecule has 0 bridgehead atoms. The van der Waals surface area contributed by atoms with Crippen LogP contribution in [-0.2, 0) is 0 Å². The van der Waals surface area contributed by atoms with Crippen molar-refractivity contribution in [3.63, 3.8) is 0 Å². The SMILES string of the molecule is COc1c(O)c2cccnc2c2c1=NCCC(C)N=2. The number of rotatable bonds is 1. The van der Waals surface area contributed by atoms with E-state index in [1.807, 2.05) is 6.07 Å². The van der Waals surface area contributed by atoms with Crippen molar-refractivity contribution < 1.29 is 9.84 Å². The number of phenolic OH excluding ortho intramolecular Hbond substituents is 1. The van der Waals surface area contributed by atoms with Crippen molar-refractivity contribution in [2.45, 2.75) is 19.4 Å². The van der Waals surface area contributed by atoms with E-state index < -0.39 is 0 Å². The van der Waals surface area contributed by atoms with Crippen LogP contribution in [0.1, 0.15) is 13.3 Å². The number of ether oxygens (including phenoxy) is 1. The number of phenols is 1. The summed E-state index contributed by atoms with van der Waals surface area (Å²) in [6.07, 6.45) is 2.58. The first-order valence-corrected chi connectivity index (χ1v) is 6.28. The molecule has 3 rings (SSSR count). The summed E-state index contributed by atoms with van der Waals surface area (Å²) < 4.78 is 5.31. The highest BCUT2D eigenvalue weighted by atomic mass is 16.5. The summed E-state index contributed by atoms with van der Waals surface area (Å²) in [5, 5.41) is 12.3. The molecule has 0 aliphatic carbocycles. The molecule has 5 nitrogen and oxygen atoms in total. The lowest BCUT2D eigenvalue weighted by Gasteiger charge is -2.07. The van der Waals surface area contributed by atoms with Gasteiger partial charge in [0.15, 0.2) is 11.5 Å². The molecule has 1 aliphatic heterocycles. The van der Waals surface area contributed by atoms with Crippen molar-refractivity contribution in [2.24, 2.45) is 9.98 Å². The number of aromatic hydroxyl groups is 1. The highest BCUT2D eigenvalue weighted by Gasteiger charge is 2.16. The van der Waals surface area contributed by atoms with Crippen LogP contribution in [0.3, 0.4) is 0 Å². The fourth-order valence-corrected chi connectivity index (χ4v) is 2.35. The fraction of sp³-hybridized carbons (Fsp3) is 0.357. The van der Waals surface area contributed by atoms with Crippen molar-refractivity contribution in [1.82, 2.24) is 4.98 Å². The quantitative estimate of drug-likeness (QED) is 0.828. The topological polar surface area (TPSA) is 67.1 Å². The molecule has 2 heterocycles. The van der Waals surface area contributed by atoms with Crippen molar-refractivity contribution >= 4 is 10.9 Å². The Morgan fingerprint density at radius 1 is 1.37 bits per heavy atom. The number of nitrogens with zero attached hydrogens (tertiary/aromatic N) is 3. The zero-order valence-corrected chi connectivity index (χ0v) is 10.9. The molecule has 19 heavy (non-hydrogen) atoms. The summed E-state index contributed by atoms with van der Waals surface area (Å²) >= 11 is 0. The van der Waals surface area contributed by atoms with E-state index in [1.54, 1.807) is 12.3 Å². The molecule has 1 unspecified atom stereocenters. The van der Waals surface area contributed by atoms with Gasteiger partial charge in [0.2, 0.25) is 0 Å². The second-order valence-electron chi connectivity index (χ2n) is 4.63. The summed E-state index contributed by atoms with van der Waals surface area (Å²) in [7, 11) is 1.53. The Bertz CT molecular complexity index is 755. The maximum absolute atomic E-state index is 10.3. The van der Waals surface area contributed by atoms with E-state index in [2.05, 4.69) is 21.9 Å². The van der Waals surface area contributed by atoms with Crippen LogP contribution in [0, 0.1) is 0 Å². The number of fused-ring (bicyclic) bond motifs is 3. The molecule has 1 aromatic carbocycles. The standard InChI is InChI=1S/C14H15N3O2/c1-8-5-7-16-12-11(17-8)10-9(4-3-6-15-10)13(18)14(12)19-2/h3-4,6,8,18H,5,7H2,1-2H3. The van der Waals surface area contributed by atoms with Crippen molar-refractivity contribution in [3.8, 4) is 11.5 Å². The number of hydrogen-bond donors (Lipinski definition) is 1. The van der Waals surface area contributed by atoms with E-state index in [0.29, 0.717) is 28.6 Å². The molecule has 0 radical (unpaired) electrons. The summed E-state index contributed by atoms with van der Waals surface area (Å²) in [6, 6.07) is 3.78. The molecule has 1 atom stereocenters. The van der Waals surface area contributed by atoms with Gasteiger partial charge < -0.3 is 9.84 Å². The first-order valence-electron chi connectivity index (χ1n) is 6.28. The largest absolute Gasteiger partial charge is 0.504 e. The third-order valence-electron chi connectivity index (χ3n) is 3.31. The highest BCUT2D eigenvalue weighted by Crippen LogP contribution is 2.28. The molecule has 98 valence electrons. The molecule has 1 N–H and O–H groups in total. The van der Waals surface area contributed by atoms with Gasteiger partial charge in [0.05, 0.1) is 7.11 Å². The predicted molar refractivity (Wildman–Crippen MR) is 71.2 cm³/mol. The zero-order chi connectivity index (χ0) is 13.4. The van der Waals surface area contributed by atoms with Crippen LogP contribution in [0.5, 0.6) is 11.5 Å². The van der Waals surface area contributed by atoms with Gasteiger partial charge in [-0.25, -0.2) is 0 Å². The molecule has 0 saturated carbocycles. The maximum atomic E-state index is 10.3. The average Bonchev–Trinajstić information content (AvgIpc) is 2.61. The number of methoxy groups -OCH3 is 1. The van der Waals surface area contributed by atoms with Crippen molar-refractivity contribution in [1.29, 1.82) is 0 Å². The summed E-state index contributed by atoms with van der Waals surface area (Å²) in [5.41, 5.74) is 0.674. The number of aromatic nitrogens is 1. The van der Waals surface area contributed by atoms with E-state index in [9.17, 15) is 5.11 Å². The Kier molecular flexibility index (Phi) is 2.81. The molecular weight excluding hydrogens is 242 g/mol. The van der Waals surface area contributed by atoms with Crippen LogP contribution < -0.4 is 15.5 Å². The summed E-state index contributed by atoms with van der Waals surface area (Å²) in [5.74, 6) is 0.464. The summed E-state index contributed by atoms with van der Waals surface area (Å²) in [6.45, 7) is 2.73. The van der Waals surface area contributed by atoms with Crippen LogP contribution in [0.25, 0.3) is 10.9 Å². The Labute approximate surface area is 110 Å². The first kappa shape index (κ1) is 11.9. The van der Waals surface area contributed by atoms with Gasteiger partial charge in [0.25, 0.3) is 0 Å². The van der Waals surface area contributed by atoms with Crippen LogP contribution in [0.4, 0.5) is 0 Å². The van der Waals surface area contributed by atoms with Gasteiger partial charge in [-0.15, -0.1) is 0 Å². The minimum atomic E-state index is 0.0813. The minimum absolute atomic E-state index is 0.0813. The van der Waals surface area contributed by atoms with Gasteiger partial charge in [0.1, 0.15) is 16.2 Å². The molecule has 0 fully saturated rings. The Balaban J connectivity index is 2.59. The maximum Gasteiger partial charge on any atom is 0.188 e. The Morgan fingerprint density at radius 2 is 2.21 bits per heavy atom. The third-order valence-corrected chi connectivity index (χ3v) is 3.31. The van der Waals surface area contributed by atoms with Gasteiger partial charge in [-0.2, -0.15) is 0 Å². The van der Waals surface area contributed by atoms with Gasteiger partial charge in [0, 0.05) is 24.2 Å².